The fourth-order valence-corrected chi connectivity index (χ4v) is 4.55. The molecule has 0 aromatic heterocycles. The number of amides is 2. The molecule has 4 rings (SSSR count). The number of methoxy groups -OCH3 is 1. The first-order chi connectivity index (χ1) is 15.5. The summed E-state index contributed by atoms with van der Waals surface area (Å²) in [6.07, 6.45) is 1.88. The molecule has 3 aromatic rings. The number of carbonyl (C=O) groups excluding carboxylic acids is 2. The Bertz CT molecular complexity index is 1150. The third kappa shape index (κ3) is 4.95. The summed E-state index contributed by atoms with van der Waals surface area (Å²) in [5.74, 6) is 0.246. The van der Waals surface area contributed by atoms with Crippen LogP contribution in [0.2, 0.25) is 0 Å². The van der Waals surface area contributed by atoms with E-state index in [1.54, 1.807) is 37.5 Å². The molecule has 0 saturated carbocycles. The van der Waals surface area contributed by atoms with Gasteiger partial charge in [0.15, 0.2) is 0 Å². The number of thioether (sulfide) groups is 1. The normalized spacial score (nSPS) is 16.9. The van der Waals surface area contributed by atoms with E-state index in [2.05, 4.69) is 5.43 Å². The van der Waals surface area contributed by atoms with Crippen LogP contribution in [0.1, 0.15) is 22.1 Å². The molecule has 7 heteroatoms. The van der Waals surface area contributed by atoms with E-state index in [0.29, 0.717) is 16.2 Å². The number of hydrogen-bond donors (Lipinski definition) is 2. The van der Waals surface area contributed by atoms with Crippen molar-refractivity contribution in [2.75, 3.05) is 7.11 Å². The van der Waals surface area contributed by atoms with Crippen molar-refractivity contribution in [1.82, 2.24) is 10.4 Å². The molecule has 2 amide bonds. The maximum absolute atomic E-state index is 13.2. The topological polar surface area (TPSA) is 78.9 Å². The lowest BCUT2D eigenvalue weighted by Crippen LogP contribution is -2.44. The van der Waals surface area contributed by atoms with Crippen molar-refractivity contribution >= 4 is 29.7 Å². The molecule has 32 heavy (non-hydrogen) atoms. The van der Waals surface area contributed by atoms with Crippen molar-refractivity contribution in [2.45, 2.75) is 11.8 Å². The van der Waals surface area contributed by atoms with Gasteiger partial charge in [0.2, 0.25) is 5.91 Å². The number of carbonyl (C=O) groups is 2. The van der Waals surface area contributed by atoms with E-state index >= 15 is 0 Å². The van der Waals surface area contributed by atoms with Crippen molar-refractivity contribution < 1.29 is 19.4 Å². The van der Waals surface area contributed by atoms with Gasteiger partial charge in [-0.2, -0.15) is 0 Å². The van der Waals surface area contributed by atoms with E-state index < -0.39 is 5.37 Å². The van der Waals surface area contributed by atoms with Gasteiger partial charge >= 0.3 is 0 Å². The zero-order chi connectivity index (χ0) is 22.5. The largest absolute Gasteiger partial charge is 0.508 e. The van der Waals surface area contributed by atoms with Gasteiger partial charge in [-0.1, -0.05) is 66.4 Å². The third-order valence-electron chi connectivity index (χ3n) is 4.92. The minimum Gasteiger partial charge on any atom is -0.508 e. The molecule has 0 bridgehead atoms. The summed E-state index contributed by atoms with van der Waals surface area (Å²) in [4.78, 5) is 26.4. The summed E-state index contributed by atoms with van der Waals surface area (Å²) in [7, 11) is 1.59. The highest BCUT2D eigenvalue weighted by molar-refractivity contribution is 8.04. The van der Waals surface area contributed by atoms with E-state index in [9.17, 15) is 14.7 Å². The lowest BCUT2D eigenvalue weighted by molar-refractivity contribution is -0.137. The summed E-state index contributed by atoms with van der Waals surface area (Å²) >= 11 is 1.34. The SMILES string of the molecule is COc1ccc(C2S/C(=C\c3cccc(O)c3)C(=O)N2NC(=O)Cc2ccccc2)cc1. The van der Waals surface area contributed by atoms with E-state index in [4.69, 9.17) is 4.74 Å². The highest BCUT2D eigenvalue weighted by Crippen LogP contribution is 2.45. The van der Waals surface area contributed by atoms with Crippen LogP contribution in [0.5, 0.6) is 11.5 Å². The van der Waals surface area contributed by atoms with Gasteiger partial charge in [0.25, 0.3) is 5.91 Å². The smallest absolute Gasteiger partial charge is 0.280 e. The number of aromatic hydroxyl groups is 1. The van der Waals surface area contributed by atoms with Crippen LogP contribution in [0.4, 0.5) is 0 Å². The maximum atomic E-state index is 13.2. The van der Waals surface area contributed by atoms with Crippen molar-refractivity contribution in [3.63, 3.8) is 0 Å². The van der Waals surface area contributed by atoms with Crippen LogP contribution < -0.4 is 10.2 Å². The molecule has 2 N–H and O–H groups in total. The lowest BCUT2D eigenvalue weighted by atomic mass is 10.1. The molecular weight excluding hydrogens is 424 g/mol. The highest BCUT2D eigenvalue weighted by Gasteiger charge is 2.38. The minimum absolute atomic E-state index is 0.120. The Morgan fingerprint density at radius 3 is 2.53 bits per heavy atom. The Morgan fingerprint density at radius 2 is 1.84 bits per heavy atom. The van der Waals surface area contributed by atoms with Gasteiger partial charge < -0.3 is 9.84 Å². The van der Waals surface area contributed by atoms with Crippen LogP contribution in [-0.4, -0.2) is 29.0 Å². The van der Waals surface area contributed by atoms with Crippen LogP contribution in [0.25, 0.3) is 6.08 Å². The first kappa shape index (κ1) is 21.5. The molecule has 0 radical (unpaired) electrons. The quantitative estimate of drug-likeness (QED) is 0.553. The first-order valence-corrected chi connectivity index (χ1v) is 10.9. The molecular formula is C25H22N2O4S. The van der Waals surface area contributed by atoms with E-state index in [1.807, 2.05) is 54.6 Å². The lowest BCUT2D eigenvalue weighted by Gasteiger charge is -2.24. The van der Waals surface area contributed by atoms with Gasteiger partial charge in [-0.15, -0.1) is 0 Å². The van der Waals surface area contributed by atoms with Gasteiger partial charge in [-0.05, 0) is 47.0 Å². The van der Waals surface area contributed by atoms with Gasteiger partial charge in [-0.3, -0.25) is 15.0 Å². The second-order valence-electron chi connectivity index (χ2n) is 7.22. The average Bonchev–Trinajstić information content (AvgIpc) is 3.09. The Morgan fingerprint density at radius 1 is 1.09 bits per heavy atom. The number of nitrogens with zero attached hydrogens (tertiary/aromatic N) is 1. The molecule has 1 unspecified atom stereocenters. The fraction of sp³-hybridized carbons (Fsp3) is 0.120. The molecule has 3 aromatic carbocycles. The molecule has 162 valence electrons. The molecule has 6 nitrogen and oxygen atoms in total. The summed E-state index contributed by atoms with van der Waals surface area (Å²) in [5.41, 5.74) is 5.20. The molecule has 0 spiro atoms. The van der Waals surface area contributed by atoms with E-state index in [0.717, 1.165) is 11.1 Å². The molecule has 1 aliphatic heterocycles. The van der Waals surface area contributed by atoms with Crippen LogP contribution in [-0.2, 0) is 16.0 Å². The Hall–Kier alpha value is -3.71. The third-order valence-corrected chi connectivity index (χ3v) is 6.18. The second kappa shape index (κ2) is 9.62. The summed E-state index contributed by atoms with van der Waals surface area (Å²) in [6, 6.07) is 23.4. The van der Waals surface area contributed by atoms with Crippen LogP contribution in [0.3, 0.4) is 0 Å². The summed E-state index contributed by atoms with van der Waals surface area (Å²) < 4.78 is 5.23. The average molecular weight is 447 g/mol. The maximum Gasteiger partial charge on any atom is 0.280 e. The van der Waals surface area contributed by atoms with Crippen LogP contribution in [0, 0.1) is 0 Å². The second-order valence-corrected chi connectivity index (χ2v) is 8.34. The standard InChI is InChI=1S/C25H22N2O4S/c1-31-21-12-10-19(11-13-21)25-27(26-23(29)16-17-6-3-2-4-7-17)24(30)22(32-25)15-18-8-5-9-20(28)14-18/h2-15,25,28H,16H2,1H3,(H,26,29)/b22-15-. The molecule has 1 atom stereocenters. The number of benzene rings is 3. The number of hydrogen-bond acceptors (Lipinski definition) is 5. The number of phenolic OH excluding ortho intramolecular Hbond substituents is 1. The highest BCUT2D eigenvalue weighted by atomic mass is 32.2. The molecule has 1 aliphatic rings. The number of phenols is 1. The zero-order valence-electron chi connectivity index (χ0n) is 17.4. The van der Waals surface area contributed by atoms with E-state index in [1.165, 1.54) is 16.8 Å². The number of nitrogens with one attached hydrogen (secondary N) is 1. The van der Waals surface area contributed by atoms with E-state index in [-0.39, 0.29) is 24.0 Å². The van der Waals surface area contributed by atoms with Crippen molar-refractivity contribution in [3.05, 3.63) is 100 Å². The van der Waals surface area contributed by atoms with Crippen molar-refractivity contribution in [1.29, 1.82) is 0 Å². The number of hydrazine groups is 1. The fourth-order valence-electron chi connectivity index (χ4n) is 3.36. The van der Waals surface area contributed by atoms with Gasteiger partial charge in [0.1, 0.15) is 16.9 Å². The Labute approximate surface area is 190 Å². The van der Waals surface area contributed by atoms with Crippen molar-refractivity contribution in [2.24, 2.45) is 0 Å². The first-order valence-electron chi connectivity index (χ1n) is 10.0. The molecule has 1 heterocycles. The predicted molar refractivity (Wildman–Crippen MR) is 125 cm³/mol. The summed E-state index contributed by atoms with van der Waals surface area (Å²) in [6.45, 7) is 0. The van der Waals surface area contributed by atoms with Gasteiger partial charge in [0, 0.05) is 0 Å². The molecule has 0 aliphatic carbocycles. The van der Waals surface area contributed by atoms with Crippen LogP contribution in [0.15, 0.2) is 83.8 Å². The van der Waals surface area contributed by atoms with Gasteiger partial charge in [0.05, 0.1) is 18.4 Å². The minimum atomic E-state index is -0.434. The monoisotopic (exact) mass is 446 g/mol. The Kier molecular flexibility index (Phi) is 6.47. The predicted octanol–water partition coefficient (Wildman–Crippen LogP) is 4.29. The Balaban J connectivity index is 1.61. The molecule has 1 saturated heterocycles. The van der Waals surface area contributed by atoms with Crippen molar-refractivity contribution in [3.8, 4) is 11.5 Å². The van der Waals surface area contributed by atoms with Gasteiger partial charge in [-0.25, -0.2) is 5.01 Å². The van der Waals surface area contributed by atoms with Crippen LogP contribution >= 0.6 is 11.8 Å². The molecule has 1 fully saturated rings. The summed E-state index contributed by atoms with van der Waals surface area (Å²) in [5, 5.41) is 10.7. The zero-order valence-corrected chi connectivity index (χ0v) is 18.2. The number of ether oxygens (including phenoxy) is 1. The number of rotatable bonds is 6.